The third kappa shape index (κ3) is 3.05. The predicted octanol–water partition coefficient (Wildman–Crippen LogP) is 4.10. The van der Waals surface area contributed by atoms with Gasteiger partial charge in [0.25, 0.3) is 0 Å². The molecule has 0 aliphatic heterocycles. The SMILES string of the molecule is CC(=O)C(Br)C(C)c1ccc(C)cc1Cl. The van der Waals surface area contributed by atoms with Gasteiger partial charge in [0.2, 0.25) is 0 Å². The summed E-state index contributed by atoms with van der Waals surface area (Å²) in [6.07, 6.45) is 0. The molecule has 2 atom stereocenters. The molecule has 1 aromatic rings. The van der Waals surface area contributed by atoms with Gasteiger partial charge in [-0.15, -0.1) is 0 Å². The lowest BCUT2D eigenvalue weighted by atomic mass is 9.95. The summed E-state index contributed by atoms with van der Waals surface area (Å²) >= 11 is 9.53. The number of carbonyl (C=O) groups excluding carboxylic acids is 1. The molecule has 3 heteroatoms. The maximum absolute atomic E-state index is 11.2. The molecule has 0 N–H and O–H groups in total. The lowest BCUT2D eigenvalue weighted by Gasteiger charge is -2.17. The van der Waals surface area contributed by atoms with Crippen LogP contribution < -0.4 is 0 Å². The molecule has 2 unspecified atom stereocenters. The minimum absolute atomic E-state index is 0.0931. The van der Waals surface area contributed by atoms with E-state index in [0.29, 0.717) is 0 Å². The van der Waals surface area contributed by atoms with Crippen molar-refractivity contribution < 1.29 is 4.79 Å². The van der Waals surface area contributed by atoms with Crippen molar-refractivity contribution >= 4 is 33.3 Å². The van der Waals surface area contributed by atoms with Crippen LogP contribution in [0.15, 0.2) is 18.2 Å². The Morgan fingerprint density at radius 3 is 2.53 bits per heavy atom. The molecule has 0 saturated carbocycles. The van der Waals surface area contributed by atoms with Crippen LogP contribution in [0.5, 0.6) is 0 Å². The highest BCUT2D eigenvalue weighted by Crippen LogP contribution is 2.31. The fraction of sp³-hybridized carbons (Fsp3) is 0.417. The number of rotatable bonds is 3. The van der Waals surface area contributed by atoms with E-state index in [9.17, 15) is 4.79 Å². The Balaban J connectivity index is 3.01. The zero-order chi connectivity index (χ0) is 11.6. The molecule has 0 aromatic heterocycles. The number of ketones is 1. The van der Waals surface area contributed by atoms with Crippen molar-refractivity contribution in [2.45, 2.75) is 31.5 Å². The second kappa shape index (κ2) is 5.13. The van der Waals surface area contributed by atoms with Crippen molar-refractivity contribution in [3.63, 3.8) is 0 Å². The van der Waals surface area contributed by atoms with Crippen LogP contribution >= 0.6 is 27.5 Å². The molecule has 1 aromatic carbocycles. The van der Waals surface area contributed by atoms with Crippen LogP contribution in [0.2, 0.25) is 5.02 Å². The van der Waals surface area contributed by atoms with Gasteiger partial charge in [0, 0.05) is 10.9 Å². The summed E-state index contributed by atoms with van der Waals surface area (Å²) in [5.74, 6) is 0.217. The van der Waals surface area contributed by atoms with Crippen LogP contribution in [0, 0.1) is 6.92 Å². The summed E-state index contributed by atoms with van der Waals surface area (Å²) in [5, 5.41) is 0.730. The molecule has 82 valence electrons. The highest BCUT2D eigenvalue weighted by molar-refractivity contribution is 9.10. The van der Waals surface area contributed by atoms with E-state index in [1.807, 2.05) is 32.0 Å². The smallest absolute Gasteiger partial charge is 0.144 e. The molecule has 0 heterocycles. The van der Waals surface area contributed by atoms with Gasteiger partial charge in [-0.3, -0.25) is 4.79 Å². The zero-order valence-corrected chi connectivity index (χ0v) is 11.4. The number of benzene rings is 1. The van der Waals surface area contributed by atoms with Crippen molar-refractivity contribution in [1.29, 1.82) is 0 Å². The van der Waals surface area contributed by atoms with Crippen LogP contribution in [0.25, 0.3) is 0 Å². The average Bonchev–Trinajstić information content (AvgIpc) is 2.15. The summed E-state index contributed by atoms with van der Waals surface area (Å²) in [4.78, 5) is 11.1. The highest BCUT2D eigenvalue weighted by Gasteiger charge is 2.21. The zero-order valence-electron chi connectivity index (χ0n) is 9.05. The Morgan fingerprint density at radius 2 is 2.07 bits per heavy atom. The fourth-order valence-electron chi connectivity index (χ4n) is 1.51. The molecule has 0 saturated heterocycles. The topological polar surface area (TPSA) is 17.1 Å². The standard InChI is InChI=1S/C12H14BrClO/c1-7-4-5-10(11(14)6-7)8(2)12(13)9(3)15/h4-6,8,12H,1-3H3. The lowest BCUT2D eigenvalue weighted by molar-refractivity contribution is -0.116. The van der Waals surface area contributed by atoms with Gasteiger partial charge in [-0.05, 0) is 31.0 Å². The molecule has 15 heavy (non-hydrogen) atoms. The normalized spacial score (nSPS) is 14.7. The number of aryl methyl sites for hydroxylation is 1. The number of hydrogen-bond donors (Lipinski definition) is 0. The van der Waals surface area contributed by atoms with Gasteiger partial charge in [-0.25, -0.2) is 0 Å². The van der Waals surface area contributed by atoms with E-state index in [0.717, 1.165) is 16.1 Å². The summed E-state index contributed by atoms with van der Waals surface area (Å²) in [6.45, 7) is 5.58. The van der Waals surface area contributed by atoms with Crippen LogP contribution in [0.4, 0.5) is 0 Å². The average molecular weight is 290 g/mol. The molecule has 0 radical (unpaired) electrons. The second-order valence-electron chi connectivity index (χ2n) is 3.83. The monoisotopic (exact) mass is 288 g/mol. The van der Waals surface area contributed by atoms with Crippen LogP contribution in [-0.4, -0.2) is 10.6 Å². The molecular formula is C12H14BrClO. The molecule has 1 rings (SSSR count). The van der Waals surface area contributed by atoms with Crippen molar-refractivity contribution in [3.05, 3.63) is 34.3 Å². The molecule has 0 fully saturated rings. The Hall–Kier alpha value is -0.340. The van der Waals surface area contributed by atoms with Gasteiger partial charge >= 0.3 is 0 Å². The number of Topliss-reactive ketones (excluding diaryl/α,β-unsaturated/α-hetero) is 1. The van der Waals surface area contributed by atoms with Gasteiger partial charge in [-0.1, -0.05) is 46.6 Å². The van der Waals surface area contributed by atoms with E-state index >= 15 is 0 Å². The van der Waals surface area contributed by atoms with Crippen molar-refractivity contribution in [2.75, 3.05) is 0 Å². The van der Waals surface area contributed by atoms with E-state index in [1.54, 1.807) is 6.92 Å². The second-order valence-corrected chi connectivity index (χ2v) is 5.22. The summed E-state index contributed by atoms with van der Waals surface area (Å²) < 4.78 is 0. The third-order valence-electron chi connectivity index (χ3n) is 2.47. The highest BCUT2D eigenvalue weighted by atomic mass is 79.9. The van der Waals surface area contributed by atoms with Crippen LogP contribution in [0.3, 0.4) is 0 Å². The molecule has 0 aliphatic rings. The van der Waals surface area contributed by atoms with Crippen molar-refractivity contribution in [1.82, 2.24) is 0 Å². The summed E-state index contributed by atoms with van der Waals surface area (Å²) in [6, 6.07) is 5.92. The molecule has 0 bridgehead atoms. The van der Waals surface area contributed by atoms with Gasteiger partial charge in [0.1, 0.15) is 5.78 Å². The van der Waals surface area contributed by atoms with Crippen molar-refractivity contribution in [3.8, 4) is 0 Å². The maximum atomic E-state index is 11.2. The van der Waals surface area contributed by atoms with Gasteiger partial charge < -0.3 is 0 Å². The summed E-state index contributed by atoms with van der Waals surface area (Å²) in [5.41, 5.74) is 2.14. The Labute approximate surface area is 104 Å². The number of alkyl halides is 1. The molecule has 1 nitrogen and oxygen atoms in total. The molecular weight excluding hydrogens is 275 g/mol. The first kappa shape index (κ1) is 12.7. The number of carbonyl (C=O) groups is 1. The number of hydrogen-bond acceptors (Lipinski definition) is 1. The van der Waals surface area contributed by atoms with Crippen LogP contribution in [-0.2, 0) is 4.79 Å². The summed E-state index contributed by atoms with van der Waals surface area (Å²) in [7, 11) is 0. The van der Waals surface area contributed by atoms with E-state index in [2.05, 4.69) is 15.9 Å². The quantitative estimate of drug-likeness (QED) is 0.766. The Kier molecular flexibility index (Phi) is 4.35. The van der Waals surface area contributed by atoms with Crippen LogP contribution in [0.1, 0.15) is 30.9 Å². The predicted molar refractivity (Wildman–Crippen MR) is 68.0 cm³/mol. The Bertz CT molecular complexity index is 376. The first-order chi connectivity index (χ1) is 6.93. The molecule has 0 spiro atoms. The number of halogens is 2. The third-order valence-corrected chi connectivity index (χ3v) is 4.24. The van der Waals surface area contributed by atoms with E-state index in [4.69, 9.17) is 11.6 Å². The van der Waals surface area contributed by atoms with E-state index in [1.165, 1.54) is 0 Å². The first-order valence-electron chi connectivity index (χ1n) is 4.84. The minimum Gasteiger partial charge on any atom is -0.299 e. The first-order valence-corrected chi connectivity index (χ1v) is 6.13. The fourth-order valence-corrected chi connectivity index (χ4v) is 2.20. The largest absolute Gasteiger partial charge is 0.299 e. The van der Waals surface area contributed by atoms with E-state index < -0.39 is 0 Å². The molecule has 0 aliphatic carbocycles. The van der Waals surface area contributed by atoms with Gasteiger partial charge in [0.15, 0.2) is 0 Å². The molecule has 0 amide bonds. The van der Waals surface area contributed by atoms with E-state index in [-0.39, 0.29) is 16.5 Å². The maximum Gasteiger partial charge on any atom is 0.144 e. The Morgan fingerprint density at radius 1 is 1.47 bits per heavy atom. The minimum atomic E-state index is -0.169. The van der Waals surface area contributed by atoms with Gasteiger partial charge in [-0.2, -0.15) is 0 Å². The van der Waals surface area contributed by atoms with Gasteiger partial charge in [0.05, 0.1) is 4.83 Å². The van der Waals surface area contributed by atoms with Crippen molar-refractivity contribution in [2.24, 2.45) is 0 Å². The lowest BCUT2D eigenvalue weighted by Crippen LogP contribution is -2.17.